The lowest BCUT2D eigenvalue weighted by Crippen LogP contribution is -2.55. The highest BCUT2D eigenvalue weighted by atomic mass is 32.1. The van der Waals surface area contributed by atoms with Gasteiger partial charge in [-0.2, -0.15) is 11.3 Å². The van der Waals surface area contributed by atoms with Crippen LogP contribution in [0.15, 0.2) is 29.2 Å². The lowest BCUT2D eigenvalue weighted by molar-refractivity contribution is -0.179. The van der Waals surface area contributed by atoms with E-state index in [9.17, 15) is 9.59 Å². The molecule has 0 saturated carbocycles. The van der Waals surface area contributed by atoms with E-state index in [-0.39, 0.29) is 11.8 Å². The predicted molar refractivity (Wildman–Crippen MR) is 104 cm³/mol. The van der Waals surface area contributed by atoms with Crippen LogP contribution in [-0.4, -0.2) is 63.4 Å². The number of likely N-dealkylation sites (tertiary alicyclic amines) is 2. The van der Waals surface area contributed by atoms with Gasteiger partial charge in [0.25, 0.3) is 11.8 Å². The van der Waals surface area contributed by atoms with Crippen molar-refractivity contribution >= 4 is 23.2 Å². The molecule has 8 heteroatoms. The summed E-state index contributed by atoms with van der Waals surface area (Å²) in [4.78, 5) is 34.0. The van der Waals surface area contributed by atoms with Crippen molar-refractivity contribution in [2.45, 2.75) is 43.9 Å². The minimum atomic E-state index is -0.590. The molecular weight excluding hydrogens is 376 g/mol. The van der Waals surface area contributed by atoms with Gasteiger partial charge in [0.1, 0.15) is 11.4 Å². The molecule has 0 aromatic carbocycles. The van der Waals surface area contributed by atoms with E-state index in [0.717, 1.165) is 37.3 Å². The van der Waals surface area contributed by atoms with Crippen LogP contribution in [0.4, 0.5) is 0 Å². The van der Waals surface area contributed by atoms with Gasteiger partial charge >= 0.3 is 0 Å². The first kappa shape index (κ1) is 17.9. The number of carbonyl (C=O) groups excluding carboxylic acids is 2. The summed E-state index contributed by atoms with van der Waals surface area (Å²) in [5.41, 5.74) is 0.154. The van der Waals surface area contributed by atoms with E-state index in [1.165, 1.54) is 11.3 Å². The quantitative estimate of drug-likeness (QED) is 0.774. The normalized spacial score (nSPS) is 23.8. The maximum atomic E-state index is 13.0. The average Bonchev–Trinajstić information content (AvgIpc) is 3.50. The van der Waals surface area contributed by atoms with Gasteiger partial charge in [-0.15, -0.1) is 0 Å². The van der Waals surface area contributed by atoms with Crippen LogP contribution in [0.25, 0.3) is 0 Å². The van der Waals surface area contributed by atoms with Crippen LogP contribution in [-0.2, 0) is 21.7 Å². The molecular formula is C20H24N4O3S. The first-order chi connectivity index (χ1) is 13.7. The van der Waals surface area contributed by atoms with Crippen LogP contribution in [0.2, 0.25) is 0 Å². The molecule has 148 valence electrons. The van der Waals surface area contributed by atoms with Crippen molar-refractivity contribution in [2.24, 2.45) is 0 Å². The van der Waals surface area contributed by atoms with Gasteiger partial charge in [-0.3, -0.25) is 9.59 Å². The number of piperidine rings is 1. The van der Waals surface area contributed by atoms with E-state index in [4.69, 9.17) is 4.74 Å². The van der Waals surface area contributed by atoms with Crippen molar-refractivity contribution in [3.05, 3.63) is 40.6 Å². The predicted octanol–water partition coefficient (Wildman–Crippen LogP) is 2.10. The summed E-state index contributed by atoms with van der Waals surface area (Å²) in [6, 6.07) is 1.87. The van der Waals surface area contributed by atoms with Crippen LogP contribution in [0, 0.1) is 0 Å². The summed E-state index contributed by atoms with van der Waals surface area (Å²) in [7, 11) is 0. The van der Waals surface area contributed by atoms with Crippen LogP contribution >= 0.6 is 11.3 Å². The van der Waals surface area contributed by atoms with Gasteiger partial charge in [0, 0.05) is 56.8 Å². The molecule has 1 spiro atoms. The molecule has 0 aliphatic carbocycles. The summed E-state index contributed by atoms with van der Waals surface area (Å²) in [5.74, 6) is 1.05. The zero-order chi connectivity index (χ0) is 19.1. The highest BCUT2D eigenvalue weighted by Crippen LogP contribution is 2.40. The average molecular weight is 401 g/mol. The third kappa shape index (κ3) is 2.95. The van der Waals surface area contributed by atoms with Gasteiger partial charge < -0.3 is 19.1 Å². The van der Waals surface area contributed by atoms with E-state index in [1.54, 1.807) is 6.20 Å². The number of thiophene rings is 1. The summed E-state index contributed by atoms with van der Waals surface area (Å²) in [5, 5.41) is 3.82. The van der Waals surface area contributed by atoms with Gasteiger partial charge in [-0.05, 0) is 24.3 Å². The number of aromatic nitrogens is 2. The van der Waals surface area contributed by atoms with E-state index >= 15 is 0 Å². The second kappa shape index (κ2) is 7.00. The topological polar surface area (TPSA) is 67.7 Å². The van der Waals surface area contributed by atoms with E-state index in [0.29, 0.717) is 32.5 Å². The number of carbonyl (C=O) groups is 2. The fourth-order valence-electron chi connectivity index (χ4n) is 4.65. The van der Waals surface area contributed by atoms with Gasteiger partial charge in [0.2, 0.25) is 0 Å². The minimum absolute atomic E-state index is 0.0694. The fourth-order valence-corrected chi connectivity index (χ4v) is 5.28. The summed E-state index contributed by atoms with van der Waals surface area (Å²) in [6.07, 6.45) is 6.70. The number of hydrogen-bond acceptors (Lipinski definition) is 5. The van der Waals surface area contributed by atoms with Crippen LogP contribution in [0.1, 0.15) is 41.9 Å². The summed E-state index contributed by atoms with van der Waals surface area (Å²) >= 11 is 1.53. The number of nitrogens with zero attached hydrogens (tertiary/aromatic N) is 4. The molecule has 3 aliphatic heterocycles. The maximum Gasteiger partial charge on any atom is 0.254 e. The van der Waals surface area contributed by atoms with Crippen molar-refractivity contribution in [2.75, 3.05) is 26.2 Å². The first-order valence-corrected chi connectivity index (χ1v) is 10.9. The molecule has 2 amide bonds. The minimum Gasteiger partial charge on any atom is -0.352 e. The summed E-state index contributed by atoms with van der Waals surface area (Å²) in [6.45, 7) is 3.37. The summed E-state index contributed by atoms with van der Waals surface area (Å²) < 4.78 is 8.55. The fraction of sp³-hybridized carbons (Fsp3) is 0.550. The third-order valence-corrected chi connectivity index (χ3v) is 6.86. The first-order valence-electron chi connectivity index (χ1n) is 9.96. The molecule has 28 heavy (non-hydrogen) atoms. The zero-order valence-corrected chi connectivity index (χ0v) is 16.6. The molecule has 5 rings (SSSR count). The standard InChI is InChI=1S/C20H24N4O3S/c25-17(15-3-12-28-14-15)23-9-4-20(5-10-23)19-21-6-11-24(19)13-16(27-20)18(26)22-7-1-2-8-22/h3,6,11-12,14,16H,1-2,4-5,7-10,13H2/t16-/m1/s1. The Hall–Kier alpha value is -2.19. The molecule has 0 N–H and O–H groups in total. The molecule has 2 aromatic rings. The molecule has 2 saturated heterocycles. The lowest BCUT2D eigenvalue weighted by atomic mass is 9.88. The number of imidazole rings is 1. The smallest absolute Gasteiger partial charge is 0.254 e. The van der Waals surface area contributed by atoms with E-state index < -0.39 is 11.7 Å². The Morgan fingerprint density at radius 3 is 2.64 bits per heavy atom. The second-order valence-corrected chi connectivity index (χ2v) is 8.62. The Balaban J connectivity index is 1.35. The van der Waals surface area contributed by atoms with Crippen LogP contribution < -0.4 is 0 Å². The van der Waals surface area contributed by atoms with Crippen molar-refractivity contribution < 1.29 is 14.3 Å². The number of rotatable bonds is 2. The maximum absolute atomic E-state index is 13.0. The molecule has 5 heterocycles. The van der Waals surface area contributed by atoms with Crippen LogP contribution in [0.3, 0.4) is 0 Å². The molecule has 0 radical (unpaired) electrons. The Kier molecular flexibility index (Phi) is 4.47. The molecule has 2 fully saturated rings. The van der Waals surface area contributed by atoms with Crippen molar-refractivity contribution in [3.8, 4) is 0 Å². The molecule has 3 aliphatic rings. The van der Waals surface area contributed by atoms with Crippen molar-refractivity contribution in [3.63, 3.8) is 0 Å². The molecule has 0 unspecified atom stereocenters. The van der Waals surface area contributed by atoms with Crippen molar-refractivity contribution in [1.29, 1.82) is 0 Å². The monoisotopic (exact) mass is 400 g/mol. The Labute approximate surface area is 167 Å². The molecule has 1 atom stereocenters. The van der Waals surface area contributed by atoms with E-state index in [1.807, 2.05) is 32.8 Å². The van der Waals surface area contributed by atoms with Gasteiger partial charge in [-0.1, -0.05) is 0 Å². The van der Waals surface area contributed by atoms with Gasteiger partial charge in [0.15, 0.2) is 6.10 Å². The van der Waals surface area contributed by atoms with E-state index in [2.05, 4.69) is 9.55 Å². The highest BCUT2D eigenvalue weighted by Gasteiger charge is 2.48. The molecule has 7 nitrogen and oxygen atoms in total. The largest absolute Gasteiger partial charge is 0.352 e. The Bertz CT molecular complexity index is 864. The number of amides is 2. The highest BCUT2D eigenvalue weighted by molar-refractivity contribution is 7.08. The lowest BCUT2D eigenvalue weighted by Gasteiger charge is -2.46. The van der Waals surface area contributed by atoms with Crippen LogP contribution in [0.5, 0.6) is 0 Å². The van der Waals surface area contributed by atoms with Gasteiger partial charge in [0.05, 0.1) is 12.1 Å². The SMILES string of the molecule is O=C(c1ccsc1)N1CCC2(CC1)O[C@@H](C(=O)N1CCCC1)Cn1ccnc12. The zero-order valence-electron chi connectivity index (χ0n) is 15.7. The molecule has 0 bridgehead atoms. The third-order valence-electron chi connectivity index (χ3n) is 6.17. The van der Waals surface area contributed by atoms with Gasteiger partial charge in [-0.25, -0.2) is 4.98 Å². The number of hydrogen-bond donors (Lipinski definition) is 0. The second-order valence-electron chi connectivity index (χ2n) is 7.84. The molecule has 2 aromatic heterocycles. The number of fused-ring (bicyclic) bond motifs is 2. The van der Waals surface area contributed by atoms with Crippen molar-refractivity contribution in [1.82, 2.24) is 19.4 Å². The Morgan fingerprint density at radius 2 is 1.93 bits per heavy atom. The Morgan fingerprint density at radius 1 is 1.14 bits per heavy atom. The number of ether oxygens (including phenoxy) is 1.